The predicted octanol–water partition coefficient (Wildman–Crippen LogP) is 4.92. The van der Waals surface area contributed by atoms with Crippen molar-refractivity contribution in [1.82, 2.24) is 4.90 Å². The van der Waals surface area contributed by atoms with Gasteiger partial charge in [-0.1, -0.05) is 42.5 Å². The molecule has 0 fully saturated rings. The number of carbonyl (C=O) groups excluding carboxylic acids is 2. The number of amides is 2. The van der Waals surface area contributed by atoms with Crippen molar-refractivity contribution >= 4 is 23.1 Å². The van der Waals surface area contributed by atoms with Crippen LogP contribution >= 0.6 is 0 Å². The van der Waals surface area contributed by atoms with E-state index in [0.29, 0.717) is 24.7 Å². The van der Waals surface area contributed by atoms with Crippen LogP contribution in [0.15, 0.2) is 66.4 Å². The summed E-state index contributed by atoms with van der Waals surface area (Å²) in [5.41, 5.74) is 5.19. The summed E-state index contributed by atoms with van der Waals surface area (Å²) in [4.78, 5) is 30.0. The van der Waals surface area contributed by atoms with Crippen molar-refractivity contribution in [2.24, 2.45) is 0 Å². The molecule has 3 aromatic carbocycles. The molecular formula is C27H22F2N2O2. The number of aryl methyl sites for hydroxylation is 2. The second-order valence-corrected chi connectivity index (χ2v) is 8.50. The fourth-order valence-electron chi connectivity index (χ4n) is 4.54. The number of carbonyl (C=O) groups is 2. The van der Waals surface area contributed by atoms with E-state index in [1.54, 1.807) is 0 Å². The quantitative estimate of drug-likeness (QED) is 0.538. The van der Waals surface area contributed by atoms with Gasteiger partial charge in [-0.2, -0.15) is 0 Å². The average molecular weight is 444 g/mol. The Labute approximate surface area is 190 Å². The molecule has 0 radical (unpaired) electrons. The van der Waals surface area contributed by atoms with Crippen LogP contribution in [0.4, 0.5) is 14.5 Å². The number of rotatable bonds is 3. The van der Waals surface area contributed by atoms with Gasteiger partial charge in [-0.25, -0.2) is 13.7 Å². The topological polar surface area (TPSA) is 40.6 Å². The maximum atomic E-state index is 14.6. The number of halogens is 2. The smallest absolute Gasteiger partial charge is 0.282 e. The molecule has 0 spiro atoms. The zero-order valence-electron chi connectivity index (χ0n) is 18.4. The molecule has 0 aromatic heterocycles. The minimum absolute atomic E-state index is 0.242. The van der Waals surface area contributed by atoms with Gasteiger partial charge in [0.1, 0.15) is 17.3 Å². The highest BCUT2D eigenvalue weighted by Gasteiger charge is 2.44. The molecule has 0 unspecified atom stereocenters. The molecule has 0 aliphatic carbocycles. The van der Waals surface area contributed by atoms with Crippen LogP contribution in [0.5, 0.6) is 0 Å². The lowest BCUT2D eigenvalue weighted by atomic mass is 9.96. The number of imide groups is 1. The zero-order valence-corrected chi connectivity index (χ0v) is 18.4. The summed E-state index contributed by atoms with van der Waals surface area (Å²) in [5.74, 6) is -2.94. The van der Waals surface area contributed by atoms with E-state index in [0.717, 1.165) is 40.1 Å². The van der Waals surface area contributed by atoms with Crippen LogP contribution < -0.4 is 4.90 Å². The molecule has 3 aromatic rings. The lowest BCUT2D eigenvalue weighted by molar-refractivity contribution is -0.120. The average Bonchev–Trinajstić information content (AvgIpc) is 3.05. The minimum atomic E-state index is -0.957. The Morgan fingerprint density at radius 1 is 0.818 bits per heavy atom. The van der Waals surface area contributed by atoms with Crippen LogP contribution in [0.1, 0.15) is 27.8 Å². The first-order valence-corrected chi connectivity index (χ1v) is 10.8. The summed E-state index contributed by atoms with van der Waals surface area (Å²) < 4.78 is 28.2. The van der Waals surface area contributed by atoms with E-state index in [-0.39, 0.29) is 17.0 Å². The molecule has 0 saturated heterocycles. The van der Waals surface area contributed by atoms with Gasteiger partial charge >= 0.3 is 0 Å². The Bertz CT molecular complexity index is 1350. The fraction of sp³-hybridized carbons (Fsp3) is 0.185. The molecule has 166 valence electrons. The van der Waals surface area contributed by atoms with Gasteiger partial charge in [0.25, 0.3) is 11.8 Å². The summed E-state index contributed by atoms with van der Waals surface area (Å²) in [7, 11) is 0. The molecule has 0 N–H and O–H groups in total. The normalized spacial score (nSPS) is 16.0. The van der Waals surface area contributed by atoms with Crippen LogP contribution in [0.3, 0.4) is 0 Å². The molecule has 33 heavy (non-hydrogen) atoms. The summed E-state index contributed by atoms with van der Waals surface area (Å²) in [6.07, 6.45) is 0.728. The van der Waals surface area contributed by atoms with Crippen molar-refractivity contribution in [3.05, 3.63) is 106 Å². The Morgan fingerprint density at radius 3 is 2.30 bits per heavy atom. The van der Waals surface area contributed by atoms with Crippen LogP contribution in [0, 0.1) is 25.5 Å². The van der Waals surface area contributed by atoms with Crippen molar-refractivity contribution in [2.45, 2.75) is 26.8 Å². The van der Waals surface area contributed by atoms with Gasteiger partial charge in [0.05, 0.1) is 11.3 Å². The number of anilines is 1. The Hall–Kier alpha value is -3.80. The lowest BCUT2D eigenvalue weighted by Gasteiger charge is -2.31. The Morgan fingerprint density at radius 2 is 1.58 bits per heavy atom. The second-order valence-electron chi connectivity index (χ2n) is 8.50. The Balaban J connectivity index is 1.65. The largest absolute Gasteiger partial charge is 0.362 e. The second kappa shape index (κ2) is 7.96. The maximum absolute atomic E-state index is 14.6. The summed E-state index contributed by atoms with van der Waals surface area (Å²) in [5, 5.41) is 0. The van der Waals surface area contributed by atoms with E-state index in [1.807, 2.05) is 55.1 Å². The van der Waals surface area contributed by atoms with Crippen molar-refractivity contribution < 1.29 is 18.4 Å². The number of fused-ring (bicyclic) bond motifs is 1. The van der Waals surface area contributed by atoms with E-state index in [9.17, 15) is 18.4 Å². The molecule has 0 atom stereocenters. The summed E-state index contributed by atoms with van der Waals surface area (Å²) in [6, 6.07) is 16.4. The molecule has 2 heterocycles. The zero-order chi connectivity index (χ0) is 23.3. The van der Waals surface area contributed by atoms with Crippen LogP contribution in [0.2, 0.25) is 0 Å². The van der Waals surface area contributed by atoms with Crippen molar-refractivity contribution in [3.8, 4) is 0 Å². The van der Waals surface area contributed by atoms with Crippen LogP contribution in [0.25, 0.3) is 5.57 Å². The third-order valence-electron chi connectivity index (χ3n) is 6.45. The fourth-order valence-corrected chi connectivity index (χ4v) is 4.54. The number of hydrogen-bond donors (Lipinski definition) is 0. The minimum Gasteiger partial charge on any atom is -0.362 e. The highest BCUT2D eigenvalue weighted by atomic mass is 19.1. The highest BCUT2D eigenvalue weighted by molar-refractivity contribution is 6.45. The van der Waals surface area contributed by atoms with Gasteiger partial charge in [0.15, 0.2) is 0 Å². The van der Waals surface area contributed by atoms with E-state index < -0.39 is 23.4 Å². The summed E-state index contributed by atoms with van der Waals surface area (Å²) >= 11 is 0. The number of nitrogens with zero attached hydrogens (tertiary/aromatic N) is 2. The molecular weight excluding hydrogens is 422 g/mol. The van der Waals surface area contributed by atoms with E-state index in [4.69, 9.17) is 0 Å². The first-order valence-electron chi connectivity index (χ1n) is 10.8. The molecule has 2 amide bonds. The number of hydrogen-bond acceptors (Lipinski definition) is 3. The van der Waals surface area contributed by atoms with Gasteiger partial charge in [-0.05, 0) is 60.2 Å². The van der Waals surface area contributed by atoms with E-state index >= 15 is 0 Å². The standard InChI is InChI=1S/C27H22F2N2O2/c1-16-7-8-19(13-17(16)2)24-25(30-12-11-18-5-3-4-6-20(18)15-30)27(33)31(26(24)32)23-10-9-21(28)14-22(23)29/h3-10,13-14H,11-12,15H2,1-2H3. The van der Waals surface area contributed by atoms with Crippen LogP contribution in [-0.2, 0) is 22.6 Å². The third-order valence-corrected chi connectivity index (χ3v) is 6.45. The first-order chi connectivity index (χ1) is 15.8. The lowest BCUT2D eigenvalue weighted by Crippen LogP contribution is -2.37. The van der Waals surface area contributed by atoms with E-state index in [1.165, 1.54) is 5.56 Å². The molecule has 0 saturated carbocycles. The molecule has 2 aliphatic rings. The third kappa shape index (κ3) is 3.52. The van der Waals surface area contributed by atoms with Crippen molar-refractivity contribution in [2.75, 3.05) is 11.4 Å². The molecule has 5 rings (SSSR count). The molecule has 4 nitrogen and oxygen atoms in total. The summed E-state index contributed by atoms with van der Waals surface area (Å²) in [6.45, 7) is 4.94. The molecule has 0 bridgehead atoms. The SMILES string of the molecule is Cc1ccc(C2=C(N3CCc4ccccc4C3)C(=O)N(c3ccc(F)cc3F)C2=O)cc1C. The van der Waals surface area contributed by atoms with Crippen molar-refractivity contribution in [3.63, 3.8) is 0 Å². The van der Waals surface area contributed by atoms with E-state index in [2.05, 4.69) is 6.07 Å². The van der Waals surface area contributed by atoms with Crippen molar-refractivity contribution in [1.29, 1.82) is 0 Å². The van der Waals surface area contributed by atoms with Gasteiger partial charge in [0.2, 0.25) is 0 Å². The van der Waals surface area contributed by atoms with Crippen LogP contribution in [-0.4, -0.2) is 23.3 Å². The molecule has 6 heteroatoms. The number of benzene rings is 3. The van der Waals surface area contributed by atoms with Gasteiger partial charge in [-0.3, -0.25) is 9.59 Å². The highest BCUT2D eigenvalue weighted by Crippen LogP contribution is 2.38. The van der Waals surface area contributed by atoms with Gasteiger partial charge in [0, 0.05) is 19.2 Å². The van der Waals surface area contributed by atoms with Gasteiger partial charge < -0.3 is 4.90 Å². The van der Waals surface area contributed by atoms with Gasteiger partial charge in [-0.15, -0.1) is 0 Å². The molecule has 2 aliphatic heterocycles. The maximum Gasteiger partial charge on any atom is 0.282 e. The monoisotopic (exact) mass is 444 g/mol. The Kier molecular flexibility index (Phi) is 5.08. The predicted molar refractivity (Wildman–Crippen MR) is 122 cm³/mol. The first kappa shape index (κ1) is 21.1.